The van der Waals surface area contributed by atoms with Crippen LogP contribution in [-0.2, 0) is 12.6 Å². The fourth-order valence-electron chi connectivity index (χ4n) is 3.44. The number of hydrogen-bond acceptors (Lipinski definition) is 5. The Kier molecular flexibility index (Phi) is 6.63. The molecule has 4 nitrogen and oxygen atoms in total. The van der Waals surface area contributed by atoms with Crippen LogP contribution in [-0.4, -0.2) is 22.6 Å². The van der Waals surface area contributed by atoms with E-state index in [9.17, 15) is 13.2 Å². The van der Waals surface area contributed by atoms with Crippen LogP contribution in [0.5, 0.6) is 0 Å². The minimum Gasteiger partial charge on any atom is -0.360 e. The first-order chi connectivity index (χ1) is 15.8. The maximum Gasteiger partial charge on any atom is 0.416 e. The fraction of sp³-hybridized carbons (Fsp3) is 0.200. The van der Waals surface area contributed by atoms with Gasteiger partial charge in [0.05, 0.1) is 10.4 Å². The number of rotatable bonds is 6. The van der Waals surface area contributed by atoms with Crippen molar-refractivity contribution in [3.8, 4) is 22.3 Å². The molecule has 2 aromatic carbocycles. The lowest BCUT2D eigenvalue weighted by molar-refractivity contribution is -0.137. The predicted octanol–water partition coefficient (Wildman–Crippen LogP) is 5.73. The molecule has 0 bridgehead atoms. The van der Waals surface area contributed by atoms with E-state index >= 15 is 0 Å². The standard InChI is InChI=1S/C25H21F3N4S/c1-2-3-22-23(18-6-7-19-14-30-11-10-17(19)13-18)33-24(32-22)31-15-21(29)12-16-4-8-20(9-5-16)25(26,27)28/h4-11,13-14,21H,12,15,29H2,1H3,(H,31,32)/t21-/m0/s1. The van der Waals surface area contributed by atoms with E-state index in [0.29, 0.717) is 23.8 Å². The zero-order chi connectivity index (χ0) is 23.4. The average molecular weight is 467 g/mol. The van der Waals surface area contributed by atoms with Gasteiger partial charge in [0.15, 0.2) is 5.13 Å². The SMILES string of the molecule is CC#Cc1nc(NC[C@@H](N)Cc2ccc(C(F)(F)F)cc2)sc1-c1ccc2cnccc2c1. The van der Waals surface area contributed by atoms with Crippen LogP contribution in [0.1, 0.15) is 23.7 Å². The van der Waals surface area contributed by atoms with E-state index in [-0.39, 0.29) is 6.04 Å². The normalized spacial score (nSPS) is 12.3. The van der Waals surface area contributed by atoms with Crippen LogP contribution in [0.25, 0.3) is 21.2 Å². The fourth-order valence-corrected chi connectivity index (χ4v) is 4.37. The highest BCUT2D eigenvalue weighted by Gasteiger charge is 2.29. The third-order valence-electron chi connectivity index (χ3n) is 5.07. The number of aromatic nitrogens is 2. The summed E-state index contributed by atoms with van der Waals surface area (Å²) in [5.74, 6) is 5.97. The number of thiazole rings is 1. The summed E-state index contributed by atoms with van der Waals surface area (Å²) < 4.78 is 38.2. The molecule has 0 aliphatic heterocycles. The minimum atomic E-state index is -4.34. The maximum atomic E-state index is 12.7. The molecule has 0 spiro atoms. The second-order valence-corrected chi connectivity index (χ2v) is 8.55. The minimum absolute atomic E-state index is 0.289. The second kappa shape index (κ2) is 9.61. The highest BCUT2D eigenvalue weighted by molar-refractivity contribution is 7.19. The van der Waals surface area contributed by atoms with Crippen LogP contribution in [0.15, 0.2) is 60.9 Å². The topological polar surface area (TPSA) is 63.8 Å². The summed E-state index contributed by atoms with van der Waals surface area (Å²) in [4.78, 5) is 9.72. The Morgan fingerprint density at radius 3 is 2.61 bits per heavy atom. The van der Waals surface area contributed by atoms with Gasteiger partial charge in [-0.3, -0.25) is 4.98 Å². The first-order valence-corrected chi connectivity index (χ1v) is 11.1. The maximum absolute atomic E-state index is 12.7. The zero-order valence-electron chi connectivity index (χ0n) is 17.8. The van der Waals surface area contributed by atoms with Gasteiger partial charge in [-0.1, -0.05) is 41.5 Å². The molecule has 33 heavy (non-hydrogen) atoms. The van der Waals surface area contributed by atoms with Gasteiger partial charge < -0.3 is 11.1 Å². The molecule has 0 radical (unpaired) electrons. The molecule has 168 valence electrons. The molecule has 4 rings (SSSR count). The molecule has 0 saturated heterocycles. The van der Waals surface area contributed by atoms with Gasteiger partial charge in [-0.15, -0.1) is 0 Å². The molecule has 3 N–H and O–H groups in total. The monoisotopic (exact) mass is 466 g/mol. The van der Waals surface area contributed by atoms with Gasteiger partial charge in [-0.05, 0) is 60.0 Å². The molecule has 2 heterocycles. The van der Waals surface area contributed by atoms with Crippen LogP contribution in [0.2, 0.25) is 0 Å². The molecule has 0 fully saturated rings. The number of fused-ring (bicyclic) bond motifs is 1. The lowest BCUT2D eigenvalue weighted by Crippen LogP contribution is -2.31. The lowest BCUT2D eigenvalue weighted by Gasteiger charge is -2.13. The number of benzene rings is 2. The first-order valence-electron chi connectivity index (χ1n) is 10.3. The summed E-state index contributed by atoms with van der Waals surface area (Å²) in [6.45, 7) is 2.19. The van der Waals surface area contributed by atoms with Crippen molar-refractivity contribution in [1.82, 2.24) is 9.97 Å². The van der Waals surface area contributed by atoms with Gasteiger partial charge in [0.25, 0.3) is 0 Å². The predicted molar refractivity (Wildman–Crippen MR) is 127 cm³/mol. The molecule has 0 aliphatic rings. The summed E-state index contributed by atoms with van der Waals surface area (Å²) >= 11 is 1.49. The number of nitrogens with zero attached hydrogens (tertiary/aromatic N) is 2. The van der Waals surface area contributed by atoms with Crippen molar-refractivity contribution in [2.75, 3.05) is 11.9 Å². The molecule has 0 saturated carbocycles. The van der Waals surface area contributed by atoms with Crippen molar-refractivity contribution in [2.24, 2.45) is 5.73 Å². The molecule has 8 heteroatoms. The van der Waals surface area contributed by atoms with Crippen LogP contribution in [0, 0.1) is 11.8 Å². The molecular weight excluding hydrogens is 445 g/mol. The molecule has 0 aliphatic carbocycles. The third-order valence-corrected chi connectivity index (χ3v) is 6.13. The molecule has 0 amide bonds. The quantitative estimate of drug-likeness (QED) is 0.356. The van der Waals surface area contributed by atoms with Gasteiger partial charge in [0.1, 0.15) is 5.69 Å². The Bertz CT molecular complexity index is 1320. The average Bonchev–Trinajstić information content (AvgIpc) is 3.20. The number of pyridine rings is 1. The van der Waals surface area contributed by atoms with E-state index in [1.165, 1.54) is 23.5 Å². The summed E-state index contributed by atoms with van der Waals surface area (Å²) in [5, 5.41) is 6.09. The summed E-state index contributed by atoms with van der Waals surface area (Å²) in [7, 11) is 0. The van der Waals surface area contributed by atoms with E-state index in [2.05, 4.69) is 33.2 Å². The van der Waals surface area contributed by atoms with E-state index in [1.54, 1.807) is 13.1 Å². The van der Waals surface area contributed by atoms with Crippen molar-refractivity contribution in [3.05, 3.63) is 77.7 Å². The number of nitrogens with two attached hydrogens (primary N) is 1. The van der Waals surface area contributed by atoms with Crippen molar-refractivity contribution in [1.29, 1.82) is 0 Å². The number of nitrogens with one attached hydrogen (secondary N) is 1. The largest absolute Gasteiger partial charge is 0.416 e. The number of halogens is 3. The second-order valence-electron chi connectivity index (χ2n) is 7.55. The van der Waals surface area contributed by atoms with Crippen molar-refractivity contribution in [2.45, 2.75) is 25.6 Å². The highest BCUT2D eigenvalue weighted by Crippen LogP contribution is 2.34. The Morgan fingerprint density at radius 1 is 1.09 bits per heavy atom. The summed E-state index contributed by atoms with van der Waals surface area (Å²) in [6, 6.07) is 12.9. The smallest absolute Gasteiger partial charge is 0.360 e. The van der Waals surface area contributed by atoms with Gasteiger partial charge >= 0.3 is 6.18 Å². The Morgan fingerprint density at radius 2 is 1.88 bits per heavy atom. The van der Waals surface area contributed by atoms with Crippen molar-refractivity contribution >= 4 is 27.2 Å². The molecule has 4 aromatic rings. The lowest BCUT2D eigenvalue weighted by atomic mass is 10.0. The summed E-state index contributed by atoms with van der Waals surface area (Å²) in [6.07, 6.45) is -0.310. The van der Waals surface area contributed by atoms with E-state index < -0.39 is 11.7 Å². The highest BCUT2D eigenvalue weighted by atomic mass is 32.1. The molecule has 0 unspecified atom stereocenters. The van der Waals surface area contributed by atoms with Crippen LogP contribution in [0.4, 0.5) is 18.3 Å². The Labute approximate surface area is 193 Å². The molecular formula is C25H21F3N4S. The van der Waals surface area contributed by atoms with Gasteiger partial charge in [-0.2, -0.15) is 13.2 Å². The van der Waals surface area contributed by atoms with E-state index in [4.69, 9.17) is 5.73 Å². The summed E-state index contributed by atoms with van der Waals surface area (Å²) in [5.41, 5.74) is 8.01. The van der Waals surface area contributed by atoms with Gasteiger partial charge in [0, 0.05) is 30.4 Å². The number of anilines is 1. The first kappa shape index (κ1) is 22.8. The van der Waals surface area contributed by atoms with Crippen LogP contribution in [0.3, 0.4) is 0 Å². The zero-order valence-corrected chi connectivity index (χ0v) is 18.6. The van der Waals surface area contributed by atoms with Crippen LogP contribution >= 0.6 is 11.3 Å². The van der Waals surface area contributed by atoms with E-state index in [1.807, 2.05) is 24.4 Å². The van der Waals surface area contributed by atoms with Crippen LogP contribution < -0.4 is 11.1 Å². The Hall–Kier alpha value is -3.41. The number of alkyl halides is 3. The van der Waals surface area contributed by atoms with Gasteiger partial charge in [0.2, 0.25) is 0 Å². The molecule has 1 atom stereocenters. The van der Waals surface area contributed by atoms with Crippen molar-refractivity contribution < 1.29 is 13.2 Å². The Balaban J connectivity index is 1.46. The van der Waals surface area contributed by atoms with Gasteiger partial charge in [-0.25, -0.2) is 4.98 Å². The van der Waals surface area contributed by atoms with E-state index in [0.717, 1.165) is 38.9 Å². The third kappa shape index (κ3) is 5.51. The number of hydrogen-bond donors (Lipinski definition) is 2. The molecule has 2 aromatic heterocycles. The van der Waals surface area contributed by atoms with Crippen molar-refractivity contribution in [3.63, 3.8) is 0 Å².